The number of thioether (sulfide) groups is 1. The summed E-state index contributed by atoms with van der Waals surface area (Å²) in [4.78, 5) is 17.2. The summed E-state index contributed by atoms with van der Waals surface area (Å²) in [5.74, 6) is 2.08. The van der Waals surface area contributed by atoms with E-state index >= 15 is 0 Å². The number of ether oxygens (including phenoxy) is 1. The summed E-state index contributed by atoms with van der Waals surface area (Å²) in [6.07, 6.45) is 1.93. The largest absolute Gasteiger partial charge is 0.489 e. The molecule has 1 amide bonds. The second-order valence-corrected chi connectivity index (χ2v) is 7.49. The van der Waals surface area contributed by atoms with Crippen molar-refractivity contribution >= 4 is 34.6 Å². The number of aliphatic imine (C=N–C) groups is 1. The minimum absolute atomic E-state index is 0.134. The molecule has 0 aliphatic carbocycles. The van der Waals surface area contributed by atoms with Gasteiger partial charge in [0.2, 0.25) is 0 Å². The van der Waals surface area contributed by atoms with Gasteiger partial charge in [0.25, 0.3) is 5.24 Å². The number of carbonyl (C=O) groups is 1. The minimum atomic E-state index is -0.134. The fourth-order valence-corrected chi connectivity index (χ4v) is 3.56. The zero-order chi connectivity index (χ0) is 20.2. The standard InChI is InChI=1S/C22H19N3O3S/c1-14-19(15(2)28-25-14)13-27-18-10-8-16(9-11-18)12-20-21(24-22(26)29-20)23-17-6-4-3-5-7-17/h3-12H,13H2,1-2H3,(H,23,24,26)/b20-12-. The van der Waals surface area contributed by atoms with Crippen LogP contribution in [0.25, 0.3) is 6.08 Å². The number of aryl methyl sites for hydroxylation is 2. The Labute approximate surface area is 172 Å². The van der Waals surface area contributed by atoms with E-state index < -0.39 is 0 Å². The summed E-state index contributed by atoms with van der Waals surface area (Å²) >= 11 is 1.14. The number of para-hydroxylation sites is 1. The number of benzene rings is 2. The van der Waals surface area contributed by atoms with E-state index in [1.165, 1.54) is 0 Å². The van der Waals surface area contributed by atoms with Gasteiger partial charge in [0.05, 0.1) is 21.8 Å². The Morgan fingerprint density at radius 3 is 2.59 bits per heavy atom. The van der Waals surface area contributed by atoms with Crippen molar-refractivity contribution in [3.63, 3.8) is 0 Å². The maximum absolute atomic E-state index is 11.8. The second-order valence-electron chi connectivity index (χ2n) is 6.48. The molecule has 1 aliphatic rings. The molecule has 0 spiro atoms. The molecule has 146 valence electrons. The van der Waals surface area contributed by atoms with Gasteiger partial charge in [-0.2, -0.15) is 0 Å². The highest BCUT2D eigenvalue weighted by atomic mass is 32.2. The third-order valence-electron chi connectivity index (χ3n) is 4.40. The number of carbonyl (C=O) groups excluding carboxylic acids is 1. The first-order chi connectivity index (χ1) is 14.1. The van der Waals surface area contributed by atoms with Gasteiger partial charge >= 0.3 is 0 Å². The third kappa shape index (κ3) is 4.57. The summed E-state index contributed by atoms with van der Waals surface area (Å²) in [5, 5.41) is 6.60. The number of nitrogens with zero attached hydrogens (tertiary/aromatic N) is 2. The summed E-state index contributed by atoms with van der Waals surface area (Å²) in [7, 11) is 0. The van der Waals surface area contributed by atoms with Crippen molar-refractivity contribution in [3.8, 4) is 5.75 Å². The SMILES string of the molecule is Cc1noc(C)c1COc1ccc(/C=C2\SC(=O)NC2=Nc2ccccc2)cc1. The van der Waals surface area contributed by atoms with E-state index in [0.717, 1.165) is 50.7 Å². The Morgan fingerprint density at radius 2 is 1.90 bits per heavy atom. The van der Waals surface area contributed by atoms with E-state index in [4.69, 9.17) is 9.26 Å². The molecule has 0 atom stereocenters. The smallest absolute Gasteiger partial charge is 0.289 e. The quantitative estimate of drug-likeness (QED) is 0.615. The lowest BCUT2D eigenvalue weighted by molar-refractivity contribution is 0.265. The molecule has 2 aromatic carbocycles. The monoisotopic (exact) mass is 405 g/mol. The van der Waals surface area contributed by atoms with Crippen LogP contribution >= 0.6 is 11.8 Å². The average Bonchev–Trinajstić information content (AvgIpc) is 3.23. The molecule has 1 aromatic heterocycles. The van der Waals surface area contributed by atoms with Crippen LogP contribution in [-0.2, 0) is 6.61 Å². The van der Waals surface area contributed by atoms with Crippen LogP contribution in [-0.4, -0.2) is 16.2 Å². The number of amidine groups is 1. The van der Waals surface area contributed by atoms with Gasteiger partial charge in [0.1, 0.15) is 24.0 Å². The molecule has 2 heterocycles. The van der Waals surface area contributed by atoms with E-state index in [1.807, 2.05) is 74.5 Å². The zero-order valence-electron chi connectivity index (χ0n) is 16.0. The third-order valence-corrected chi connectivity index (χ3v) is 5.21. The highest BCUT2D eigenvalue weighted by Gasteiger charge is 2.23. The first-order valence-electron chi connectivity index (χ1n) is 9.08. The topological polar surface area (TPSA) is 76.7 Å². The van der Waals surface area contributed by atoms with Gasteiger partial charge in [-0.1, -0.05) is 35.5 Å². The van der Waals surface area contributed by atoms with Gasteiger partial charge in [-0.15, -0.1) is 0 Å². The van der Waals surface area contributed by atoms with Crippen LogP contribution in [0.4, 0.5) is 10.5 Å². The number of amides is 1. The molecule has 0 radical (unpaired) electrons. The summed E-state index contributed by atoms with van der Waals surface area (Å²) in [6, 6.07) is 17.2. The van der Waals surface area contributed by atoms with Crippen molar-refractivity contribution in [2.75, 3.05) is 0 Å². The molecule has 0 saturated carbocycles. The number of aromatic nitrogens is 1. The highest BCUT2D eigenvalue weighted by Crippen LogP contribution is 2.29. The lowest BCUT2D eigenvalue weighted by atomic mass is 10.2. The molecule has 1 aliphatic heterocycles. The summed E-state index contributed by atoms with van der Waals surface area (Å²) < 4.78 is 11.0. The second kappa shape index (κ2) is 8.36. The molecule has 4 rings (SSSR count). The van der Waals surface area contributed by atoms with Crippen LogP contribution in [0.3, 0.4) is 0 Å². The predicted octanol–water partition coefficient (Wildman–Crippen LogP) is 5.40. The van der Waals surface area contributed by atoms with Crippen molar-refractivity contribution in [1.29, 1.82) is 0 Å². The number of hydrogen-bond acceptors (Lipinski definition) is 6. The molecule has 7 heteroatoms. The molecular weight excluding hydrogens is 386 g/mol. The number of nitrogens with one attached hydrogen (secondary N) is 1. The van der Waals surface area contributed by atoms with Crippen LogP contribution in [0.15, 0.2) is 69.0 Å². The van der Waals surface area contributed by atoms with Gasteiger partial charge in [-0.3, -0.25) is 4.79 Å². The van der Waals surface area contributed by atoms with Crippen molar-refractivity contribution < 1.29 is 14.1 Å². The number of hydrogen-bond donors (Lipinski definition) is 1. The van der Waals surface area contributed by atoms with E-state index in [1.54, 1.807) is 0 Å². The number of rotatable bonds is 5. The van der Waals surface area contributed by atoms with Crippen molar-refractivity contribution in [3.05, 3.63) is 82.1 Å². The zero-order valence-corrected chi connectivity index (χ0v) is 16.8. The van der Waals surface area contributed by atoms with Gasteiger partial charge in [0, 0.05) is 0 Å². The summed E-state index contributed by atoms with van der Waals surface area (Å²) in [5.41, 5.74) is 3.54. The molecule has 3 aromatic rings. The molecule has 6 nitrogen and oxygen atoms in total. The maximum atomic E-state index is 11.8. The first-order valence-corrected chi connectivity index (χ1v) is 9.89. The van der Waals surface area contributed by atoms with Crippen molar-refractivity contribution in [2.45, 2.75) is 20.5 Å². The van der Waals surface area contributed by atoms with E-state index in [-0.39, 0.29) is 5.24 Å². The molecule has 1 N–H and O–H groups in total. The van der Waals surface area contributed by atoms with Crippen LogP contribution in [0.5, 0.6) is 5.75 Å². The van der Waals surface area contributed by atoms with Crippen LogP contribution in [0, 0.1) is 13.8 Å². The van der Waals surface area contributed by atoms with Gasteiger partial charge in [-0.05, 0) is 61.5 Å². The Bertz CT molecular complexity index is 1070. The lowest BCUT2D eigenvalue weighted by Crippen LogP contribution is -2.18. The van der Waals surface area contributed by atoms with Gasteiger partial charge < -0.3 is 14.6 Å². The Kier molecular flexibility index (Phi) is 5.48. The van der Waals surface area contributed by atoms with Gasteiger partial charge in [0.15, 0.2) is 0 Å². The summed E-state index contributed by atoms with van der Waals surface area (Å²) in [6.45, 7) is 4.18. The van der Waals surface area contributed by atoms with E-state index in [9.17, 15) is 4.79 Å². The molecular formula is C22H19N3O3S. The molecule has 29 heavy (non-hydrogen) atoms. The Hall–Kier alpha value is -3.32. The van der Waals surface area contributed by atoms with Crippen molar-refractivity contribution in [1.82, 2.24) is 10.5 Å². The lowest BCUT2D eigenvalue weighted by Gasteiger charge is -2.06. The highest BCUT2D eigenvalue weighted by molar-refractivity contribution is 8.18. The first kappa shape index (κ1) is 19.0. The van der Waals surface area contributed by atoms with Crippen LogP contribution < -0.4 is 10.1 Å². The van der Waals surface area contributed by atoms with Gasteiger partial charge in [-0.25, -0.2) is 4.99 Å². The van der Waals surface area contributed by atoms with E-state index in [2.05, 4.69) is 15.5 Å². The van der Waals surface area contributed by atoms with Crippen LogP contribution in [0.2, 0.25) is 0 Å². The van der Waals surface area contributed by atoms with Crippen LogP contribution in [0.1, 0.15) is 22.6 Å². The normalized spacial score (nSPS) is 16.4. The molecule has 1 saturated heterocycles. The maximum Gasteiger partial charge on any atom is 0.289 e. The fourth-order valence-electron chi connectivity index (χ4n) is 2.82. The average molecular weight is 405 g/mol. The Morgan fingerprint density at radius 1 is 1.14 bits per heavy atom. The van der Waals surface area contributed by atoms with Crippen molar-refractivity contribution in [2.24, 2.45) is 4.99 Å². The molecule has 0 unspecified atom stereocenters. The minimum Gasteiger partial charge on any atom is -0.489 e. The van der Waals surface area contributed by atoms with E-state index in [0.29, 0.717) is 12.4 Å². The fraction of sp³-hybridized carbons (Fsp3) is 0.136. The Balaban J connectivity index is 1.49. The predicted molar refractivity (Wildman–Crippen MR) is 114 cm³/mol. The molecule has 0 bridgehead atoms. The molecule has 1 fully saturated rings.